The number of benzene rings is 1. The molecule has 0 fully saturated rings. The van der Waals surface area contributed by atoms with E-state index in [2.05, 4.69) is 5.92 Å². The maximum Gasteiger partial charge on any atom is 0.0899 e. The van der Waals surface area contributed by atoms with Crippen LogP contribution in [0.4, 0.5) is 0 Å². The van der Waals surface area contributed by atoms with E-state index < -0.39 is 6.10 Å². The molecule has 62 valence electrons. The first kappa shape index (κ1) is 8.83. The van der Waals surface area contributed by atoms with Gasteiger partial charge in [0.15, 0.2) is 0 Å². The summed E-state index contributed by atoms with van der Waals surface area (Å²) in [6.45, 7) is 1.99. The van der Waals surface area contributed by atoms with Gasteiger partial charge in [-0.05, 0) is 12.5 Å². The van der Waals surface area contributed by atoms with E-state index >= 15 is 0 Å². The van der Waals surface area contributed by atoms with Crippen LogP contribution in [0.15, 0.2) is 24.3 Å². The van der Waals surface area contributed by atoms with E-state index in [0.717, 1.165) is 11.1 Å². The lowest BCUT2D eigenvalue weighted by Gasteiger charge is -2.07. The number of rotatable bonds is 2. The van der Waals surface area contributed by atoms with E-state index in [1.165, 1.54) is 0 Å². The third kappa shape index (κ3) is 2.11. The molecule has 0 amide bonds. The average molecular weight is 160 g/mol. The molecule has 1 atom stereocenters. The Hall–Kier alpha value is -1.26. The van der Waals surface area contributed by atoms with E-state index in [1.54, 1.807) is 0 Å². The van der Waals surface area contributed by atoms with Gasteiger partial charge in [-0.2, -0.15) is 0 Å². The van der Waals surface area contributed by atoms with Crippen LogP contribution in [0.2, 0.25) is 0 Å². The van der Waals surface area contributed by atoms with E-state index in [1.807, 2.05) is 31.2 Å². The molecule has 0 saturated carbocycles. The lowest BCUT2D eigenvalue weighted by molar-refractivity contribution is 0.184. The van der Waals surface area contributed by atoms with Crippen LogP contribution in [0, 0.1) is 19.3 Å². The second-order valence-electron chi connectivity index (χ2n) is 2.84. The zero-order valence-electron chi connectivity index (χ0n) is 7.12. The van der Waals surface area contributed by atoms with Crippen LogP contribution in [0.25, 0.3) is 0 Å². The van der Waals surface area contributed by atoms with Gasteiger partial charge in [-0.15, -0.1) is 12.3 Å². The summed E-state index contributed by atoms with van der Waals surface area (Å²) in [6, 6.07) is 7.74. The molecule has 1 heteroatoms. The van der Waals surface area contributed by atoms with E-state index in [9.17, 15) is 5.11 Å². The first-order chi connectivity index (χ1) is 5.74. The molecule has 0 heterocycles. The van der Waals surface area contributed by atoms with Crippen LogP contribution in [-0.4, -0.2) is 5.11 Å². The van der Waals surface area contributed by atoms with Crippen molar-refractivity contribution in [2.45, 2.75) is 19.4 Å². The van der Waals surface area contributed by atoms with Gasteiger partial charge in [0.25, 0.3) is 0 Å². The minimum absolute atomic E-state index is 0.378. The molecule has 0 radical (unpaired) electrons. The zero-order chi connectivity index (χ0) is 8.97. The first-order valence-corrected chi connectivity index (χ1v) is 3.92. The van der Waals surface area contributed by atoms with Crippen molar-refractivity contribution in [2.24, 2.45) is 0 Å². The quantitative estimate of drug-likeness (QED) is 0.656. The summed E-state index contributed by atoms with van der Waals surface area (Å²) >= 11 is 0. The smallest absolute Gasteiger partial charge is 0.0899 e. The highest BCUT2D eigenvalue weighted by Crippen LogP contribution is 2.16. The van der Waals surface area contributed by atoms with Crippen molar-refractivity contribution in [2.75, 3.05) is 0 Å². The minimum atomic E-state index is -0.519. The summed E-state index contributed by atoms with van der Waals surface area (Å²) in [5, 5.41) is 9.50. The standard InChI is InChI=1S/C11H12O/c1-3-5-11(12)10-7-4-6-9(2)8-10/h1,4,6-8,11-12H,5H2,2H3/t11-/m1/s1. The molecule has 1 aromatic carbocycles. The summed E-state index contributed by atoms with van der Waals surface area (Å²) in [5.41, 5.74) is 2.04. The zero-order valence-corrected chi connectivity index (χ0v) is 7.12. The van der Waals surface area contributed by atoms with E-state index in [-0.39, 0.29) is 0 Å². The lowest BCUT2D eigenvalue weighted by atomic mass is 10.0. The highest BCUT2D eigenvalue weighted by atomic mass is 16.3. The summed E-state index contributed by atoms with van der Waals surface area (Å²) < 4.78 is 0. The summed E-state index contributed by atoms with van der Waals surface area (Å²) in [4.78, 5) is 0. The monoisotopic (exact) mass is 160 g/mol. The lowest BCUT2D eigenvalue weighted by Crippen LogP contribution is -1.95. The molecule has 12 heavy (non-hydrogen) atoms. The molecule has 1 nitrogen and oxygen atoms in total. The van der Waals surface area contributed by atoms with Crippen molar-refractivity contribution < 1.29 is 5.11 Å². The number of hydrogen-bond donors (Lipinski definition) is 1. The molecule has 1 N–H and O–H groups in total. The molecule has 0 aliphatic heterocycles. The predicted molar refractivity (Wildman–Crippen MR) is 49.6 cm³/mol. The summed E-state index contributed by atoms with van der Waals surface area (Å²) in [6.07, 6.45) is 4.95. The van der Waals surface area contributed by atoms with E-state index in [0.29, 0.717) is 6.42 Å². The first-order valence-electron chi connectivity index (χ1n) is 3.92. The fourth-order valence-electron chi connectivity index (χ4n) is 1.11. The topological polar surface area (TPSA) is 20.2 Å². The van der Waals surface area contributed by atoms with Gasteiger partial charge in [-0.3, -0.25) is 0 Å². The molecule has 1 aromatic rings. The molecular formula is C11H12O. The Morgan fingerprint density at radius 3 is 2.92 bits per heavy atom. The van der Waals surface area contributed by atoms with Gasteiger partial charge < -0.3 is 5.11 Å². The number of aliphatic hydroxyl groups excluding tert-OH is 1. The molecule has 0 aliphatic carbocycles. The van der Waals surface area contributed by atoms with Crippen molar-refractivity contribution in [1.82, 2.24) is 0 Å². The maximum absolute atomic E-state index is 9.50. The highest BCUT2D eigenvalue weighted by molar-refractivity contribution is 5.24. The minimum Gasteiger partial charge on any atom is -0.387 e. The second kappa shape index (κ2) is 3.94. The molecule has 0 aromatic heterocycles. The fourth-order valence-corrected chi connectivity index (χ4v) is 1.11. The van der Waals surface area contributed by atoms with Crippen molar-refractivity contribution in [1.29, 1.82) is 0 Å². The Balaban J connectivity index is 2.82. The van der Waals surface area contributed by atoms with Crippen molar-refractivity contribution in [3.8, 4) is 12.3 Å². The Morgan fingerprint density at radius 2 is 2.33 bits per heavy atom. The fraction of sp³-hybridized carbons (Fsp3) is 0.273. The number of hydrogen-bond acceptors (Lipinski definition) is 1. The number of aryl methyl sites for hydroxylation is 1. The molecule has 0 bridgehead atoms. The van der Waals surface area contributed by atoms with Gasteiger partial charge in [0, 0.05) is 6.42 Å². The van der Waals surface area contributed by atoms with E-state index in [4.69, 9.17) is 6.42 Å². The highest BCUT2D eigenvalue weighted by Gasteiger charge is 2.04. The third-order valence-corrected chi connectivity index (χ3v) is 1.74. The van der Waals surface area contributed by atoms with Crippen molar-refractivity contribution in [3.05, 3.63) is 35.4 Å². The predicted octanol–water partition coefficient (Wildman–Crippen LogP) is 2.05. The van der Waals surface area contributed by atoms with Crippen molar-refractivity contribution in [3.63, 3.8) is 0 Å². The van der Waals surface area contributed by atoms with Gasteiger partial charge in [0.2, 0.25) is 0 Å². The van der Waals surface area contributed by atoms with Gasteiger partial charge >= 0.3 is 0 Å². The largest absolute Gasteiger partial charge is 0.387 e. The Morgan fingerprint density at radius 1 is 1.58 bits per heavy atom. The number of terminal acetylenes is 1. The van der Waals surface area contributed by atoms with Crippen LogP contribution in [-0.2, 0) is 0 Å². The van der Waals surface area contributed by atoms with Gasteiger partial charge in [0.1, 0.15) is 0 Å². The third-order valence-electron chi connectivity index (χ3n) is 1.74. The maximum atomic E-state index is 9.50. The van der Waals surface area contributed by atoms with Crippen LogP contribution in [0.5, 0.6) is 0 Å². The summed E-state index contributed by atoms with van der Waals surface area (Å²) in [5.74, 6) is 2.44. The molecular weight excluding hydrogens is 148 g/mol. The van der Waals surface area contributed by atoms with Crippen LogP contribution in [0.1, 0.15) is 23.7 Å². The SMILES string of the molecule is C#CC[C@@H](O)c1cccc(C)c1. The molecule has 0 aliphatic rings. The Bertz CT molecular complexity index is 296. The van der Waals surface area contributed by atoms with Gasteiger partial charge in [0.05, 0.1) is 6.10 Å². The number of aliphatic hydroxyl groups is 1. The molecule has 0 unspecified atom stereocenters. The molecule has 1 rings (SSSR count). The van der Waals surface area contributed by atoms with Crippen molar-refractivity contribution >= 4 is 0 Å². The molecule has 0 saturated heterocycles. The average Bonchev–Trinajstić information content (AvgIpc) is 2.05. The summed E-state index contributed by atoms with van der Waals surface area (Å²) in [7, 11) is 0. The van der Waals surface area contributed by atoms with Crippen LogP contribution < -0.4 is 0 Å². The normalized spacial score (nSPS) is 12.1. The Labute approximate surface area is 73.0 Å². The second-order valence-corrected chi connectivity index (χ2v) is 2.84. The van der Waals surface area contributed by atoms with Crippen LogP contribution >= 0.6 is 0 Å². The van der Waals surface area contributed by atoms with Gasteiger partial charge in [-0.1, -0.05) is 29.8 Å². The molecule has 0 spiro atoms. The van der Waals surface area contributed by atoms with Crippen LogP contribution in [0.3, 0.4) is 0 Å². The van der Waals surface area contributed by atoms with Gasteiger partial charge in [-0.25, -0.2) is 0 Å². The Kier molecular flexibility index (Phi) is 2.90.